The fourth-order valence-corrected chi connectivity index (χ4v) is 3.98. The van der Waals surface area contributed by atoms with Crippen LogP contribution in [0.5, 0.6) is 0 Å². The highest BCUT2D eigenvalue weighted by Crippen LogP contribution is 2.40. The molecule has 1 N–H and O–H groups in total. The molecule has 0 radical (unpaired) electrons. The van der Waals surface area contributed by atoms with Crippen LogP contribution < -0.4 is 5.32 Å². The Morgan fingerprint density at radius 1 is 1.16 bits per heavy atom. The van der Waals surface area contributed by atoms with Crippen LogP contribution in [0.3, 0.4) is 0 Å². The van der Waals surface area contributed by atoms with Gasteiger partial charge in [-0.2, -0.15) is 14.9 Å². The van der Waals surface area contributed by atoms with E-state index in [9.17, 15) is 9.18 Å². The van der Waals surface area contributed by atoms with Crippen molar-refractivity contribution >= 4 is 23.3 Å². The number of anilines is 1. The van der Waals surface area contributed by atoms with Crippen LogP contribution in [0.4, 0.5) is 10.2 Å². The third-order valence-corrected chi connectivity index (χ3v) is 5.51. The number of hydrogen-bond acceptors (Lipinski definition) is 5. The maximum atomic E-state index is 14.5. The van der Waals surface area contributed by atoms with Crippen molar-refractivity contribution in [2.24, 2.45) is 0 Å². The Labute approximate surface area is 181 Å². The quantitative estimate of drug-likeness (QED) is 0.519. The Morgan fingerprint density at radius 3 is 2.71 bits per heavy atom. The minimum atomic E-state index is -0.453. The Balaban J connectivity index is 1.63. The van der Waals surface area contributed by atoms with Crippen LogP contribution in [0.15, 0.2) is 54.7 Å². The summed E-state index contributed by atoms with van der Waals surface area (Å²) in [6, 6.07) is 13.7. The van der Waals surface area contributed by atoms with Gasteiger partial charge in [0.25, 0.3) is 5.95 Å². The average Bonchev–Trinajstić information content (AvgIpc) is 3.10. The third kappa shape index (κ3) is 3.44. The third-order valence-electron chi connectivity index (χ3n) is 5.26. The molecule has 1 atom stereocenters. The fraction of sp³-hybridized carbons (Fsp3) is 0.136. The zero-order valence-corrected chi connectivity index (χ0v) is 17.1. The van der Waals surface area contributed by atoms with Crippen molar-refractivity contribution in [2.45, 2.75) is 19.3 Å². The van der Waals surface area contributed by atoms with Crippen molar-refractivity contribution in [3.8, 4) is 17.2 Å². The Morgan fingerprint density at radius 2 is 1.94 bits per heavy atom. The monoisotopic (exact) mass is 434 g/mol. The van der Waals surface area contributed by atoms with Crippen molar-refractivity contribution in [1.29, 1.82) is 0 Å². The van der Waals surface area contributed by atoms with Crippen LogP contribution in [-0.2, 0) is 4.79 Å². The van der Waals surface area contributed by atoms with Crippen molar-refractivity contribution < 1.29 is 9.18 Å². The number of nitrogens with zero attached hydrogens (tertiary/aromatic N) is 5. The summed E-state index contributed by atoms with van der Waals surface area (Å²) in [6.07, 6.45) is 1.67. The number of carbonyl (C=O) groups excluding carboxylic acids is 1. The van der Waals surface area contributed by atoms with E-state index in [2.05, 4.69) is 25.6 Å². The number of benzene rings is 2. The predicted molar refractivity (Wildman–Crippen MR) is 114 cm³/mol. The molecule has 1 aliphatic heterocycles. The Kier molecular flexibility index (Phi) is 4.71. The molecule has 1 amide bonds. The van der Waals surface area contributed by atoms with Gasteiger partial charge in [0.1, 0.15) is 11.6 Å². The smallest absolute Gasteiger partial charge is 0.272 e. The summed E-state index contributed by atoms with van der Waals surface area (Å²) in [5.41, 5.74) is 3.24. The van der Waals surface area contributed by atoms with E-state index >= 15 is 0 Å². The normalized spacial score (nSPS) is 15.5. The average molecular weight is 435 g/mol. The number of nitrogens with one attached hydrogen (secondary N) is 1. The molecule has 0 fully saturated rings. The lowest BCUT2D eigenvalue weighted by Gasteiger charge is -2.24. The molecule has 0 bridgehead atoms. The summed E-state index contributed by atoms with van der Waals surface area (Å²) < 4.78 is 16.0. The van der Waals surface area contributed by atoms with Crippen LogP contribution in [0.2, 0.25) is 5.02 Å². The maximum Gasteiger partial charge on any atom is 0.272 e. The SMILES string of the molecule is Cc1nn(-c2nncc(-c3ccc(Cl)cc3)n2)c2c1[C@@H](c1ccccc1F)CC(=O)N2. The van der Waals surface area contributed by atoms with Crippen molar-refractivity contribution in [1.82, 2.24) is 25.0 Å². The topological polar surface area (TPSA) is 85.6 Å². The molecule has 4 aromatic rings. The van der Waals surface area contributed by atoms with Gasteiger partial charge in [0.2, 0.25) is 5.91 Å². The van der Waals surface area contributed by atoms with E-state index in [-0.39, 0.29) is 24.1 Å². The Bertz CT molecular complexity index is 1300. The molecule has 0 aliphatic carbocycles. The molecule has 2 aromatic carbocycles. The highest BCUT2D eigenvalue weighted by molar-refractivity contribution is 6.30. The van der Waals surface area contributed by atoms with Crippen LogP contribution >= 0.6 is 11.6 Å². The van der Waals surface area contributed by atoms with E-state index in [1.807, 2.05) is 19.1 Å². The summed E-state index contributed by atoms with van der Waals surface area (Å²) in [7, 11) is 0. The van der Waals surface area contributed by atoms with Crippen LogP contribution in [-0.4, -0.2) is 30.9 Å². The van der Waals surface area contributed by atoms with E-state index in [0.29, 0.717) is 27.8 Å². The second-order valence-corrected chi connectivity index (χ2v) is 7.67. The molecule has 2 aromatic heterocycles. The molecular weight excluding hydrogens is 419 g/mol. The Hall–Kier alpha value is -3.65. The lowest BCUT2D eigenvalue weighted by Crippen LogP contribution is -2.25. The van der Waals surface area contributed by atoms with Gasteiger partial charge in [0.05, 0.1) is 17.6 Å². The van der Waals surface area contributed by atoms with Crippen molar-refractivity contribution in [3.63, 3.8) is 0 Å². The number of aryl methyl sites for hydroxylation is 1. The van der Waals surface area contributed by atoms with E-state index in [1.165, 1.54) is 16.9 Å². The number of rotatable bonds is 3. The van der Waals surface area contributed by atoms with Gasteiger partial charge in [-0.3, -0.25) is 4.79 Å². The molecule has 3 heterocycles. The largest absolute Gasteiger partial charge is 0.310 e. The zero-order chi connectivity index (χ0) is 21.5. The molecule has 7 nitrogen and oxygen atoms in total. The van der Waals surface area contributed by atoms with Gasteiger partial charge < -0.3 is 5.32 Å². The van der Waals surface area contributed by atoms with Gasteiger partial charge in [0, 0.05) is 28.5 Å². The van der Waals surface area contributed by atoms with Gasteiger partial charge >= 0.3 is 0 Å². The lowest BCUT2D eigenvalue weighted by molar-refractivity contribution is -0.116. The molecule has 5 rings (SSSR count). The summed E-state index contributed by atoms with van der Waals surface area (Å²) in [6.45, 7) is 1.82. The molecule has 0 saturated carbocycles. The number of aromatic nitrogens is 5. The first-order valence-corrected chi connectivity index (χ1v) is 9.99. The first kappa shape index (κ1) is 19.3. The molecule has 0 saturated heterocycles. The van der Waals surface area contributed by atoms with Crippen LogP contribution in [0.25, 0.3) is 17.2 Å². The number of carbonyl (C=O) groups is 1. The number of fused-ring (bicyclic) bond motifs is 1. The number of halogens is 2. The second-order valence-electron chi connectivity index (χ2n) is 7.23. The maximum absolute atomic E-state index is 14.5. The molecule has 1 aliphatic rings. The molecule has 9 heteroatoms. The van der Waals surface area contributed by atoms with Gasteiger partial charge in [0.15, 0.2) is 0 Å². The predicted octanol–water partition coefficient (Wildman–Crippen LogP) is 4.30. The van der Waals surface area contributed by atoms with Crippen molar-refractivity contribution in [2.75, 3.05) is 5.32 Å². The summed E-state index contributed by atoms with van der Waals surface area (Å²) in [5.74, 6) is -0.416. The van der Waals surface area contributed by atoms with Crippen LogP contribution in [0.1, 0.15) is 29.2 Å². The fourth-order valence-electron chi connectivity index (χ4n) is 3.86. The first-order chi connectivity index (χ1) is 15.0. The molecule has 0 spiro atoms. The molecule has 31 heavy (non-hydrogen) atoms. The number of amides is 1. The van der Waals surface area contributed by atoms with E-state index < -0.39 is 5.92 Å². The molecular formula is C22H16ClFN6O. The summed E-state index contributed by atoms with van der Waals surface area (Å²) >= 11 is 5.97. The molecule has 154 valence electrons. The van der Waals surface area contributed by atoms with Gasteiger partial charge in [-0.05, 0) is 30.7 Å². The zero-order valence-electron chi connectivity index (χ0n) is 16.4. The minimum Gasteiger partial charge on any atom is -0.310 e. The highest BCUT2D eigenvalue weighted by Gasteiger charge is 2.34. The van der Waals surface area contributed by atoms with Gasteiger partial charge in [-0.25, -0.2) is 9.37 Å². The van der Waals surface area contributed by atoms with E-state index in [1.54, 1.807) is 30.3 Å². The van der Waals surface area contributed by atoms with E-state index in [4.69, 9.17) is 11.6 Å². The van der Waals surface area contributed by atoms with Crippen LogP contribution in [0, 0.1) is 12.7 Å². The van der Waals surface area contributed by atoms with Gasteiger partial charge in [-0.15, -0.1) is 5.10 Å². The van der Waals surface area contributed by atoms with Gasteiger partial charge in [-0.1, -0.05) is 41.9 Å². The number of hydrogen-bond donors (Lipinski definition) is 1. The highest BCUT2D eigenvalue weighted by atomic mass is 35.5. The molecule has 0 unspecified atom stereocenters. The second kappa shape index (κ2) is 7.55. The minimum absolute atomic E-state index is 0.129. The van der Waals surface area contributed by atoms with Crippen molar-refractivity contribution in [3.05, 3.63) is 82.4 Å². The standard InChI is InChI=1S/C22H16ClFN6O/c1-12-20-16(15-4-2-3-5-17(15)24)10-19(31)27-21(20)30(29-12)22-26-18(11-25-28-22)13-6-8-14(23)9-7-13/h2-9,11,16H,10H2,1H3,(H,27,31)/t16-/m1/s1. The lowest BCUT2D eigenvalue weighted by atomic mass is 9.85. The summed E-state index contributed by atoms with van der Waals surface area (Å²) in [5, 5.41) is 16.2. The summed E-state index contributed by atoms with van der Waals surface area (Å²) in [4.78, 5) is 17.1. The van der Waals surface area contributed by atoms with E-state index in [0.717, 1.165) is 11.1 Å². The first-order valence-electron chi connectivity index (χ1n) is 9.61.